The average molecular weight is 500 g/mol. The molecule has 1 saturated heterocycles. The minimum absolute atomic E-state index is 0.0975. The van der Waals surface area contributed by atoms with Gasteiger partial charge in [-0.05, 0) is 53.6 Å². The van der Waals surface area contributed by atoms with E-state index in [1.807, 2.05) is 0 Å². The molecule has 4 aromatic rings. The Balaban J connectivity index is 1.49. The molecule has 5 heteroatoms. The van der Waals surface area contributed by atoms with Crippen LogP contribution in [-0.4, -0.2) is 22.7 Å². The lowest BCUT2D eigenvalue weighted by Gasteiger charge is -2.49. The zero-order valence-corrected chi connectivity index (χ0v) is 20.6. The number of halogens is 1. The van der Waals surface area contributed by atoms with Gasteiger partial charge in [0.2, 0.25) is 5.91 Å². The van der Waals surface area contributed by atoms with Gasteiger partial charge in [0.1, 0.15) is 5.66 Å². The SMILES string of the molecule is Cn1c2ccccc2c2cc(C=C[C@@]34NC(=O)CCN3c3ccc(Br)cc3C4(C)C)ccc21. The number of aromatic nitrogens is 1. The van der Waals surface area contributed by atoms with Crippen LogP contribution in [0.4, 0.5) is 5.69 Å². The summed E-state index contributed by atoms with van der Waals surface area (Å²) in [7, 11) is 2.12. The molecule has 6 rings (SSSR count). The number of nitrogens with one attached hydrogen (secondary N) is 1. The Labute approximate surface area is 202 Å². The summed E-state index contributed by atoms with van der Waals surface area (Å²) in [5.74, 6) is 0.0975. The minimum atomic E-state index is -0.612. The van der Waals surface area contributed by atoms with Gasteiger partial charge in [-0.3, -0.25) is 4.79 Å². The monoisotopic (exact) mass is 499 g/mol. The molecule has 33 heavy (non-hydrogen) atoms. The number of para-hydroxylation sites is 1. The van der Waals surface area contributed by atoms with Crippen molar-refractivity contribution in [2.45, 2.75) is 31.3 Å². The van der Waals surface area contributed by atoms with Gasteiger partial charge in [-0.1, -0.05) is 60.1 Å². The number of anilines is 1. The van der Waals surface area contributed by atoms with Crippen LogP contribution in [0.1, 0.15) is 31.4 Å². The van der Waals surface area contributed by atoms with Gasteiger partial charge in [0.15, 0.2) is 0 Å². The first-order valence-electron chi connectivity index (χ1n) is 11.4. The molecule has 2 aliphatic rings. The maximum atomic E-state index is 12.7. The lowest BCUT2D eigenvalue weighted by molar-refractivity contribution is -0.124. The molecule has 0 spiro atoms. The van der Waals surface area contributed by atoms with Crippen LogP contribution in [-0.2, 0) is 17.3 Å². The summed E-state index contributed by atoms with van der Waals surface area (Å²) in [6, 6.07) is 21.6. The molecule has 166 valence electrons. The van der Waals surface area contributed by atoms with E-state index in [-0.39, 0.29) is 11.3 Å². The van der Waals surface area contributed by atoms with Gasteiger partial charge in [0, 0.05) is 57.4 Å². The molecule has 1 amide bonds. The summed E-state index contributed by atoms with van der Waals surface area (Å²) in [4.78, 5) is 15.0. The molecule has 3 heterocycles. The zero-order valence-electron chi connectivity index (χ0n) is 19.0. The fourth-order valence-electron chi connectivity index (χ4n) is 5.83. The molecule has 1 N–H and O–H groups in total. The fraction of sp³-hybridized carbons (Fsp3) is 0.250. The molecule has 3 aromatic carbocycles. The van der Waals surface area contributed by atoms with Crippen LogP contribution < -0.4 is 10.2 Å². The number of aryl methyl sites for hydroxylation is 1. The van der Waals surface area contributed by atoms with E-state index in [1.54, 1.807) is 0 Å². The Kier molecular flexibility index (Phi) is 4.34. The standard InChI is InChI=1S/C28H26BrN3O/c1-27(2)22-17-19(29)9-11-25(22)32-15-13-26(33)30-28(27,32)14-12-18-8-10-24-21(16-18)20-6-4-5-7-23(20)31(24)3/h4-12,14,16-17H,13,15H2,1-3H3,(H,30,33)/t28-/m1/s1. The van der Waals surface area contributed by atoms with Gasteiger partial charge >= 0.3 is 0 Å². The van der Waals surface area contributed by atoms with E-state index < -0.39 is 5.66 Å². The second-order valence-electron chi connectivity index (χ2n) is 9.69. The number of nitrogens with zero attached hydrogens (tertiary/aromatic N) is 2. The van der Waals surface area contributed by atoms with Crippen LogP contribution in [0.5, 0.6) is 0 Å². The topological polar surface area (TPSA) is 37.3 Å². The maximum absolute atomic E-state index is 12.7. The number of fused-ring (bicyclic) bond motifs is 6. The van der Waals surface area contributed by atoms with Crippen molar-refractivity contribution in [2.75, 3.05) is 11.4 Å². The number of rotatable bonds is 2. The highest BCUT2D eigenvalue weighted by Gasteiger charge is 2.57. The summed E-state index contributed by atoms with van der Waals surface area (Å²) in [6.07, 6.45) is 4.87. The molecule has 0 radical (unpaired) electrons. The quantitative estimate of drug-likeness (QED) is 0.360. The van der Waals surface area contributed by atoms with E-state index in [9.17, 15) is 4.79 Å². The Morgan fingerprint density at radius 3 is 2.64 bits per heavy atom. The van der Waals surface area contributed by atoms with E-state index in [0.29, 0.717) is 13.0 Å². The highest BCUT2D eigenvalue weighted by molar-refractivity contribution is 9.10. The molecule has 0 aliphatic carbocycles. The molecular weight excluding hydrogens is 474 g/mol. The Hall–Kier alpha value is -3.05. The number of hydrogen-bond donors (Lipinski definition) is 1. The second kappa shape index (κ2) is 6.97. The van der Waals surface area contributed by atoms with Gasteiger partial charge in [0.05, 0.1) is 0 Å². The lowest BCUT2D eigenvalue weighted by Crippen LogP contribution is -2.68. The van der Waals surface area contributed by atoms with Crippen LogP contribution in [0.2, 0.25) is 0 Å². The first-order valence-corrected chi connectivity index (χ1v) is 12.2. The Morgan fingerprint density at radius 1 is 1.00 bits per heavy atom. The molecule has 1 aromatic heterocycles. The molecule has 0 saturated carbocycles. The fourth-order valence-corrected chi connectivity index (χ4v) is 6.19. The molecular formula is C28H26BrN3O. The first-order chi connectivity index (χ1) is 15.8. The van der Waals surface area contributed by atoms with Gasteiger partial charge < -0.3 is 14.8 Å². The summed E-state index contributed by atoms with van der Waals surface area (Å²) in [6.45, 7) is 5.15. The molecule has 0 bridgehead atoms. The van der Waals surface area contributed by atoms with Crippen molar-refractivity contribution in [3.63, 3.8) is 0 Å². The second-order valence-corrected chi connectivity index (χ2v) is 10.6. The van der Waals surface area contributed by atoms with E-state index in [0.717, 1.165) is 10.0 Å². The highest BCUT2D eigenvalue weighted by atomic mass is 79.9. The first kappa shape index (κ1) is 20.5. The molecule has 0 unspecified atom stereocenters. The number of carbonyl (C=O) groups excluding carboxylic acids is 1. The van der Waals surface area contributed by atoms with E-state index in [1.165, 1.54) is 33.1 Å². The number of benzene rings is 3. The van der Waals surface area contributed by atoms with Crippen molar-refractivity contribution < 1.29 is 4.79 Å². The summed E-state index contributed by atoms with van der Waals surface area (Å²) < 4.78 is 3.30. The third kappa shape index (κ3) is 2.78. The molecule has 1 fully saturated rings. The van der Waals surface area contributed by atoms with Crippen molar-refractivity contribution >= 4 is 55.4 Å². The summed E-state index contributed by atoms with van der Waals surface area (Å²) in [5.41, 5.74) is 5.10. The lowest BCUT2D eigenvalue weighted by atomic mass is 9.74. The van der Waals surface area contributed by atoms with Gasteiger partial charge in [-0.25, -0.2) is 0 Å². The van der Waals surface area contributed by atoms with E-state index in [2.05, 4.69) is 124 Å². The van der Waals surface area contributed by atoms with E-state index >= 15 is 0 Å². The predicted octanol–water partition coefficient (Wildman–Crippen LogP) is 6.12. The van der Waals surface area contributed by atoms with Crippen LogP contribution in [0, 0.1) is 0 Å². The number of hydrogen-bond acceptors (Lipinski definition) is 2. The minimum Gasteiger partial charge on any atom is -0.344 e. The normalized spacial score (nSPS) is 21.6. The van der Waals surface area contributed by atoms with Crippen LogP contribution >= 0.6 is 15.9 Å². The predicted molar refractivity (Wildman–Crippen MR) is 139 cm³/mol. The van der Waals surface area contributed by atoms with Crippen molar-refractivity contribution in [1.29, 1.82) is 0 Å². The van der Waals surface area contributed by atoms with Crippen LogP contribution in [0.3, 0.4) is 0 Å². The summed E-state index contributed by atoms with van der Waals surface area (Å²) in [5, 5.41) is 5.87. The zero-order chi connectivity index (χ0) is 23.0. The maximum Gasteiger partial charge on any atom is 0.223 e. The number of amides is 1. The number of carbonyl (C=O) groups is 1. The van der Waals surface area contributed by atoms with Gasteiger partial charge in [-0.15, -0.1) is 0 Å². The van der Waals surface area contributed by atoms with Crippen molar-refractivity contribution in [2.24, 2.45) is 7.05 Å². The third-order valence-corrected chi connectivity index (χ3v) is 8.14. The Morgan fingerprint density at radius 2 is 1.79 bits per heavy atom. The van der Waals surface area contributed by atoms with Gasteiger partial charge in [-0.2, -0.15) is 0 Å². The molecule has 1 atom stereocenters. The molecule has 2 aliphatic heterocycles. The van der Waals surface area contributed by atoms with Crippen LogP contribution in [0.15, 0.2) is 71.2 Å². The summed E-state index contributed by atoms with van der Waals surface area (Å²) >= 11 is 3.64. The van der Waals surface area contributed by atoms with Gasteiger partial charge in [0.25, 0.3) is 0 Å². The Bertz CT molecular complexity index is 1480. The smallest absolute Gasteiger partial charge is 0.223 e. The van der Waals surface area contributed by atoms with Crippen LogP contribution in [0.25, 0.3) is 27.9 Å². The highest BCUT2D eigenvalue weighted by Crippen LogP contribution is 2.53. The van der Waals surface area contributed by atoms with Crippen molar-refractivity contribution in [3.8, 4) is 0 Å². The third-order valence-electron chi connectivity index (χ3n) is 7.65. The largest absolute Gasteiger partial charge is 0.344 e. The molecule has 4 nitrogen and oxygen atoms in total. The average Bonchev–Trinajstić information content (AvgIpc) is 3.19. The van der Waals surface area contributed by atoms with E-state index in [4.69, 9.17) is 0 Å². The van der Waals surface area contributed by atoms with Crippen molar-refractivity contribution in [1.82, 2.24) is 9.88 Å². The van der Waals surface area contributed by atoms with Crippen molar-refractivity contribution in [3.05, 3.63) is 82.3 Å².